The number of hydrogen-bond donors (Lipinski definition) is 0. The monoisotopic (exact) mass is 854 g/mol. The molecule has 0 saturated carbocycles. The molecule has 0 spiro atoms. The van der Waals surface area contributed by atoms with E-state index < -0.39 is 0 Å². The average Bonchev–Trinajstić information content (AvgIpc) is 3.81. The maximum atomic E-state index is 6.71. The molecule has 0 aliphatic rings. The van der Waals surface area contributed by atoms with Crippen molar-refractivity contribution >= 4 is 21.9 Å². The molecule has 0 aliphatic heterocycles. The van der Waals surface area contributed by atoms with Gasteiger partial charge in [-0.15, -0.1) is 0 Å². The standard InChI is InChI=1S/C64H42N2O/c1-5-17-43(18-6-1)45-31-35-47(36-32-45)59-42-60(66-64(65-59)50-23-11-4-12-24-50)48-37-33-46(34-38-48)51-25-15-26-52(39-51)57-40-53(44-19-7-2-8-20-44)41-58(62(57)49-21-9-3-10-22-49)56-29-16-28-55-54-27-13-14-30-61(54)67-63(55)56/h1-42H. The van der Waals surface area contributed by atoms with Gasteiger partial charge in [0.2, 0.25) is 0 Å². The zero-order valence-electron chi connectivity index (χ0n) is 36.6. The van der Waals surface area contributed by atoms with Crippen molar-refractivity contribution in [1.29, 1.82) is 0 Å². The van der Waals surface area contributed by atoms with E-state index in [1.807, 2.05) is 30.3 Å². The van der Waals surface area contributed by atoms with Gasteiger partial charge in [-0.25, -0.2) is 9.97 Å². The summed E-state index contributed by atoms with van der Waals surface area (Å²) in [7, 11) is 0. The van der Waals surface area contributed by atoms with Crippen LogP contribution in [0.25, 0.3) is 123 Å². The number of rotatable bonds is 9. The van der Waals surface area contributed by atoms with Gasteiger partial charge < -0.3 is 4.42 Å². The number of aromatic nitrogens is 2. The van der Waals surface area contributed by atoms with E-state index in [1.165, 1.54) is 11.1 Å². The lowest BCUT2D eigenvalue weighted by atomic mass is 9.84. The molecular formula is C64H42N2O. The first-order chi connectivity index (χ1) is 33.2. The Morgan fingerprint density at radius 1 is 0.254 bits per heavy atom. The van der Waals surface area contributed by atoms with Crippen LogP contribution in [0.3, 0.4) is 0 Å². The highest BCUT2D eigenvalue weighted by Gasteiger charge is 2.21. The van der Waals surface area contributed by atoms with E-state index in [0.29, 0.717) is 5.82 Å². The Kier molecular flexibility index (Phi) is 10.2. The van der Waals surface area contributed by atoms with E-state index in [4.69, 9.17) is 14.4 Å². The fourth-order valence-electron chi connectivity index (χ4n) is 9.38. The smallest absolute Gasteiger partial charge is 0.160 e. The van der Waals surface area contributed by atoms with Crippen LogP contribution in [0.5, 0.6) is 0 Å². The molecule has 314 valence electrons. The van der Waals surface area contributed by atoms with Crippen LogP contribution < -0.4 is 0 Å². The Bertz CT molecular complexity index is 3690. The van der Waals surface area contributed by atoms with E-state index in [-0.39, 0.29) is 0 Å². The van der Waals surface area contributed by atoms with Crippen molar-refractivity contribution in [1.82, 2.24) is 9.97 Å². The van der Waals surface area contributed by atoms with Gasteiger partial charge in [-0.1, -0.05) is 224 Å². The van der Waals surface area contributed by atoms with Crippen LogP contribution >= 0.6 is 0 Å². The van der Waals surface area contributed by atoms with E-state index in [2.05, 4.69) is 224 Å². The molecule has 12 aromatic rings. The Morgan fingerprint density at radius 2 is 0.701 bits per heavy atom. The van der Waals surface area contributed by atoms with Crippen molar-refractivity contribution in [2.75, 3.05) is 0 Å². The predicted molar refractivity (Wildman–Crippen MR) is 278 cm³/mol. The molecule has 0 bridgehead atoms. The first kappa shape index (κ1) is 39.7. The molecule has 0 unspecified atom stereocenters. The molecular weight excluding hydrogens is 813 g/mol. The molecule has 0 fully saturated rings. The maximum absolute atomic E-state index is 6.71. The van der Waals surface area contributed by atoms with Gasteiger partial charge in [0.15, 0.2) is 5.82 Å². The highest BCUT2D eigenvalue weighted by Crippen LogP contribution is 2.47. The third-order valence-corrected chi connectivity index (χ3v) is 12.7. The molecule has 0 atom stereocenters. The van der Waals surface area contributed by atoms with Gasteiger partial charge in [0.1, 0.15) is 11.2 Å². The molecule has 2 aromatic heterocycles. The zero-order chi connectivity index (χ0) is 44.5. The second-order valence-corrected chi connectivity index (χ2v) is 16.9. The Balaban J connectivity index is 0.968. The minimum Gasteiger partial charge on any atom is -0.455 e. The van der Waals surface area contributed by atoms with Crippen LogP contribution in [0.2, 0.25) is 0 Å². The molecule has 67 heavy (non-hydrogen) atoms. The number of benzene rings is 10. The van der Waals surface area contributed by atoms with Gasteiger partial charge in [0.25, 0.3) is 0 Å². The van der Waals surface area contributed by atoms with Gasteiger partial charge in [-0.2, -0.15) is 0 Å². The van der Waals surface area contributed by atoms with Gasteiger partial charge in [-0.05, 0) is 91.5 Å². The van der Waals surface area contributed by atoms with Crippen LogP contribution in [-0.2, 0) is 0 Å². The van der Waals surface area contributed by atoms with Crippen LogP contribution in [0.4, 0.5) is 0 Å². The van der Waals surface area contributed by atoms with Crippen molar-refractivity contribution < 1.29 is 4.42 Å². The summed E-state index contributed by atoms with van der Waals surface area (Å²) in [6.45, 7) is 0. The molecule has 0 amide bonds. The topological polar surface area (TPSA) is 38.9 Å². The fraction of sp³-hybridized carbons (Fsp3) is 0. The van der Waals surface area contributed by atoms with Crippen molar-refractivity contribution in [2.45, 2.75) is 0 Å². The first-order valence-corrected chi connectivity index (χ1v) is 22.7. The number of hydrogen-bond acceptors (Lipinski definition) is 3. The molecule has 0 radical (unpaired) electrons. The second-order valence-electron chi connectivity index (χ2n) is 16.9. The molecule has 0 saturated heterocycles. The zero-order valence-corrected chi connectivity index (χ0v) is 36.6. The summed E-state index contributed by atoms with van der Waals surface area (Å²) in [5.41, 5.74) is 20.2. The Morgan fingerprint density at radius 3 is 1.34 bits per heavy atom. The van der Waals surface area contributed by atoms with Crippen LogP contribution in [-0.4, -0.2) is 9.97 Å². The summed E-state index contributed by atoms with van der Waals surface area (Å²) >= 11 is 0. The minimum absolute atomic E-state index is 0.694. The summed E-state index contributed by atoms with van der Waals surface area (Å²) in [6, 6.07) is 90.1. The van der Waals surface area contributed by atoms with Gasteiger partial charge in [0.05, 0.1) is 11.4 Å². The van der Waals surface area contributed by atoms with Crippen molar-refractivity contribution in [2.24, 2.45) is 0 Å². The number of para-hydroxylation sites is 2. The van der Waals surface area contributed by atoms with Gasteiger partial charge >= 0.3 is 0 Å². The fourth-order valence-corrected chi connectivity index (χ4v) is 9.38. The molecule has 3 nitrogen and oxygen atoms in total. The van der Waals surface area contributed by atoms with E-state index in [1.54, 1.807) is 0 Å². The maximum Gasteiger partial charge on any atom is 0.160 e. The van der Waals surface area contributed by atoms with Crippen LogP contribution in [0.1, 0.15) is 0 Å². The molecule has 2 heterocycles. The molecule has 0 N–H and O–H groups in total. The molecule has 3 heteroatoms. The number of fused-ring (bicyclic) bond motifs is 3. The Hall–Kier alpha value is -8.92. The predicted octanol–water partition coefficient (Wildman–Crippen LogP) is 17.4. The van der Waals surface area contributed by atoms with Crippen molar-refractivity contribution in [3.05, 3.63) is 255 Å². The first-order valence-electron chi connectivity index (χ1n) is 22.7. The molecule has 10 aromatic carbocycles. The normalized spacial score (nSPS) is 11.3. The summed E-state index contributed by atoms with van der Waals surface area (Å²) in [5, 5.41) is 2.22. The highest BCUT2D eigenvalue weighted by molar-refractivity contribution is 6.12. The largest absolute Gasteiger partial charge is 0.455 e. The Labute approximate surface area is 390 Å². The third kappa shape index (κ3) is 7.69. The lowest BCUT2D eigenvalue weighted by Gasteiger charge is -2.20. The lowest BCUT2D eigenvalue weighted by Crippen LogP contribution is -1.96. The van der Waals surface area contributed by atoms with Crippen molar-refractivity contribution in [3.8, 4) is 101 Å². The van der Waals surface area contributed by atoms with Crippen LogP contribution in [0, 0.1) is 0 Å². The summed E-state index contributed by atoms with van der Waals surface area (Å²) in [4.78, 5) is 10.2. The summed E-state index contributed by atoms with van der Waals surface area (Å²) in [6.07, 6.45) is 0. The highest BCUT2D eigenvalue weighted by atomic mass is 16.3. The van der Waals surface area contributed by atoms with Crippen molar-refractivity contribution in [3.63, 3.8) is 0 Å². The van der Waals surface area contributed by atoms with E-state index >= 15 is 0 Å². The van der Waals surface area contributed by atoms with Gasteiger partial charge in [-0.3, -0.25) is 0 Å². The summed E-state index contributed by atoms with van der Waals surface area (Å²) in [5.74, 6) is 0.694. The minimum atomic E-state index is 0.694. The second kappa shape index (κ2) is 17.2. The van der Waals surface area contributed by atoms with E-state index in [0.717, 1.165) is 106 Å². The quantitative estimate of drug-likeness (QED) is 0.145. The average molecular weight is 855 g/mol. The van der Waals surface area contributed by atoms with Gasteiger partial charge in [0, 0.05) is 33.0 Å². The summed E-state index contributed by atoms with van der Waals surface area (Å²) < 4.78 is 6.71. The number of nitrogens with zero attached hydrogens (tertiary/aromatic N) is 2. The third-order valence-electron chi connectivity index (χ3n) is 12.7. The van der Waals surface area contributed by atoms with Crippen LogP contribution in [0.15, 0.2) is 259 Å². The molecule has 0 aliphatic carbocycles. The SMILES string of the molecule is c1ccc(-c2ccc(-c3cc(-c4ccc(-c5cccc(-c6cc(-c7ccccc7)cc(-c7cccc8c7oc7ccccc78)c6-c6ccccc6)c5)cc4)nc(-c4ccccc4)n3)cc2)cc1. The lowest BCUT2D eigenvalue weighted by molar-refractivity contribution is 0.670. The van der Waals surface area contributed by atoms with E-state index in [9.17, 15) is 0 Å². The molecule has 12 rings (SSSR count). The number of furan rings is 1.